The quantitative estimate of drug-likeness (QED) is 0.403. The van der Waals surface area contributed by atoms with E-state index >= 15 is 0 Å². The molecule has 0 aliphatic heterocycles. The van der Waals surface area contributed by atoms with Crippen molar-refractivity contribution < 1.29 is 13.0 Å². The summed E-state index contributed by atoms with van der Waals surface area (Å²) in [4.78, 5) is 4.05. The predicted octanol–water partition coefficient (Wildman–Crippen LogP) is 2.22. The average Bonchev–Trinajstić information content (AvgIpc) is 2.37. The molecular formula is C13H10N2O3S. The molecule has 5 nitrogen and oxygen atoms in total. The summed E-state index contributed by atoms with van der Waals surface area (Å²) in [5.41, 5.74) is 6.78. The van der Waals surface area contributed by atoms with Crippen LogP contribution in [-0.2, 0) is 10.1 Å². The van der Waals surface area contributed by atoms with Crippen LogP contribution < -0.4 is 5.73 Å². The molecule has 0 saturated carbocycles. The minimum atomic E-state index is -4.35. The van der Waals surface area contributed by atoms with Gasteiger partial charge in [0.1, 0.15) is 4.90 Å². The van der Waals surface area contributed by atoms with Gasteiger partial charge in [0, 0.05) is 28.0 Å². The smallest absolute Gasteiger partial charge is 0.295 e. The first-order valence-electron chi connectivity index (χ1n) is 5.52. The summed E-state index contributed by atoms with van der Waals surface area (Å²) in [6.07, 6.45) is 1.62. The largest absolute Gasteiger partial charge is 0.398 e. The van der Waals surface area contributed by atoms with Crippen LogP contribution in [0.4, 0.5) is 5.69 Å². The van der Waals surface area contributed by atoms with Crippen LogP contribution in [0, 0.1) is 0 Å². The lowest BCUT2D eigenvalue weighted by Crippen LogP contribution is -2.02. The number of fused-ring (bicyclic) bond motifs is 3. The molecule has 0 spiro atoms. The van der Waals surface area contributed by atoms with Gasteiger partial charge in [-0.25, -0.2) is 0 Å². The molecule has 0 aliphatic carbocycles. The fraction of sp³-hybridized carbons (Fsp3) is 0. The van der Waals surface area contributed by atoms with Crippen molar-refractivity contribution >= 4 is 37.5 Å². The number of benzene rings is 2. The van der Waals surface area contributed by atoms with Crippen molar-refractivity contribution in [2.45, 2.75) is 4.90 Å². The summed E-state index contributed by atoms with van der Waals surface area (Å²) in [7, 11) is -4.35. The number of nitrogen functional groups attached to an aromatic ring is 1. The van der Waals surface area contributed by atoms with E-state index < -0.39 is 10.1 Å². The van der Waals surface area contributed by atoms with Crippen LogP contribution in [0.1, 0.15) is 0 Å². The standard InChI is InChI=1S/C13H10N2O3S/c14-10-5-1-4-9-12(10)11(19(16,17)18)7-8-3-2-6-15-13(8)9/h1-7H,14H2,(H,16,17,18). The number of rotatable bonds is 1. The number of pyridine rings is 1. The topological polar surface area (TPSA) is 93.3 Å². The van der Waals surface area contributed by atoms with Crippen molar-refractivity contribution in [3.63, 3.8) is 0 Å². The van der Waals surface area contributed by atoms with Crippen LogP contribution in [-0.4, -0.2) is 18.0 Å². The second kappa shape index (κ2) is 3.91. The Hall–Kier alpha value is -2.18. The maximum atomic E-state index is 11.5. The fourth-order valence-corrected chi connectivity index (χ4v) is 2.98. The molecule has 1 aromatic heterocycles. The van der Waals surface area contributed by atoms with Gasteiger partial charge in [0.15, 0.2) is 0 Å². The Bertz CT molecular complexity index is 904. The first kappa shape index (κ1) is 11.9. The van der Waals surface area contributed by atoms with Crippen LogP contribution in [0.5, 0.6) is 0 Å². The van der Waals surface area contributed by atoms with Crippen molar-refractivity contribution in [3.05, 3.63) is 42.6 Å². The van der Waals surface area contributed by atoms with E-state index in [0.717, 1.165) is 0 Å². The molecule has 1 heterocycles. The Morgan fingerprint density at radius 3 is 2.68 bits per heavy atom. The molecule has 96 valence electrons. The van der Waals surface area contributed by atoms with E-state index in [-0.39, 0.29) is 10.6 Å². The Morgan fingerprint density at radius 2 is 1.95 bits per heavy atom. The lowest BCUT2D eigenvalue weighted by atomic mass is 10.0. The van der Waals surface area contributed by atoms with Gasteiger partial charge < -0.3 is 5.73 Å². The highest BCUT2D eigenvalue weighted by molar-refractivity contribution is 7.86. The molecule has 0 saturated heterocycles. The molecular weight excluding hydrogens is 264 g/mol. The van der Waals surface area contributed by atoms with Crippen LogP contribution in [0.15, 0.2) is 47.5 Å². The van der Waals surface area contributed by atoms with Crippen molar-refractivity contribution in [1.82, 2.24) is 4.98 Å². The zero-order valence-electron chi connectivity index (χ0n) is 9.74. The number of anilines is 1. The van der Waals surface area contributed by atoms with Gasteiger partial charge in [-0.05, 0) is 18.2 Å². The Labute approximate surface area is 109 Å². The molecule has 2 aromatic carbocycles. The summed E-state index contributed by atoms with van der Waals surface area (Å²) in [5, 5.41) is 1.54. The predicted molar refractivity (Wildman–Crippen MR) is 73.5 cm³/mol. The van der Waals surface area contributed by atoms with Crippen LogP contribution in [0.25, 0.3) is 21.7 Å². The Kier molecular flexibility index (Phi) is 2.44. The molecule has 3 aromatic rings. The zero-order chi connectivity index (χ0) is 13.6. The van der Waals surface area contributed by atoms with Crippen molar-refractivity contribution in [3.8, 4) is 0 Å². The van der Waals surface area contributed by atoms with Crippen molar-refractivity contribution in [2.24, 2.45) is 0 Å². The second-order valence-corrected chi connectivity index (χ2v) is 5.58. The SMILES string of the molecule is Nc1cccc2c1c(S(=O)(=O)O)cc1cccnc12. The third kappa shape index (κ3) is 1.81. The summed E-state index contributed by atoms with van der Waals surface area (Å²) in [6, 6.07) is 9.87. The van der Waals surface area contributed by atoms with Gasteiger partial charge in [0.2, 0.25) is 0 Å². The van der Waals surface area contributed by atoms with E-state index in [2.05, 4.69) is 4.98 Å². The molecule has 0 bridgehead atoms. The number of aromatic nitrogens is 1. The van der Waals surface area contributed by atoms with E-state index in [0.29, 0.717) is 21.7 Å². The number of nitrogens with zero attached hydrogens (tertiary/aromatic N) is 1. The molecule has 0 fully saturated rings. The highest BCUT2D eigenvalue weighted by Gasteiger charge is 2.18. The van der Waals surface area contributed by atoms with Gasteiger partial charge >= 0.3 is 0 Å². The lowest BCUT2D eigenvalue weighted by Gasteiger charge is -2.09. The van der Waals surface area contributed by atoms with Crippen molar-refractivity contribution in [2.75, 3.05) is 5.73 Å². The molecule has 0 amide bonds. The molecule has 0 atom stereocenters. The first-order chi connectivity index (χ1) is 8.98. The summed E-state index contributed by atoms with van der Waals surface area (Å²) in [6.45, 7) is 0. The van der Waals surface area contributed by atoms with Gasteiger partial charge in [0.25, 0.3) is 10.1 Å². The van der Waals surface area contributed by atoms with Crippen LogP contribution in [0.3, 0.4) is 0 Å². The van der Waals surface area contributed by atoms with Gasteiger partial charge in [-0.15, -0.1) is 0 Å². The molecule has 19 heavy (non-hydrogen) atoms. The van der Waals surface area contributed by atoms with Gasteiger partial charge in [0.05, 0.1) is 5.52 Å². The monoisotopic (exact) mass is 274 g/mol. The number of hydrogen-bond acceptors (Lipinski definition) is 4. The molecule has 3 N–H and O–H groups in total. The third-order valence-corrected chi connectivity index (χ3v) is 3.88. The number of nitrogens with two attached hydrogens (primary N) is 1. The van der Waals surface area contributed by atoms with Gasteiger partial charge in [-0.3, -0.25) is 9.54 Å². The third-order valence-electron chi connectivity index (χ3n) is 3.00. The average molecular weight is 274 g/mol. The van der Waals surface area contributed by atoms with Gasteiger partial charge in [-0.2, -0.15) is 8.42 Å². The van der Waals surface area contributed by atoms with E-state index in [4.69, 9.17) is 5.73 Å². The Morgan fingerprint density at radius 1 is 1.16 bits per heavy atom. The lowest BCUT2D eigenvalue weighted by molar-refractivity contribution is 0.484. The van der Waals surface area contributed by atoms with E-state index in [9.17, 15) is 13.0 Å². The normalized spacial score (nSPS) is 12.1. The summed E-state index contributed by atoms with van der Waals surface area (Å²) in [5.74, 6) is 0. The van der Waals surface area contributed by atoms with E-state index in [1.807, 2.05) is 0 Å². The molecule has 0 aliphatic rings. The maximum Gasteiger partial charge on any atom is 0.295 e. The van der Waals surface area contributed by atoms with E-state index in [1.54, 1.807) is 36.5 Å². The minimum absolute atomic E-state index is 0.193. The second-order valence-electron chi connectivity index (χ2n) is 4.19. The molecule has 0 radical (unpaired) electrons. The van der Waals surface area contributed by atoms with Crippen LogP contribution >= 0.6 is 0 Å². The zero-order valence-corrected chi connectivity index (χ0v) is 10.6. The highest BCUT2D eigenvalue weighted by atomic mass is 32.2. The minimum Gasteiger partial charge on any atom is -0.398 e. The molecule has 3 rings (SSSR count). The van der Waals surface area contributed by atoms with Crippen LogP contribution in [0.2, 0.25) is 0 Å². The molecule has 0 unspecified atom stereocenters. The highest BCUT2D eigenvalue weighted by Crippen LogP contribution is 2.33. The number of hydrogen-bond donors (Lipinski definition) is 2. The first-order valence-corrected chi connectivity index (χ1v) is 6.96. The van der Waals surface area contributed by atoms with Crippen molar-refractivity contribution in [1.29, 1.82) is 0 Å². The fourth-order valence-electron chi connectivity index (χ4n) is 2.22. The Balaban J connectivity index is 2.68. The van der Waals surface area contributed by atoms with E-state index in [1.165, 1.54) is 6.07 Å². The van der Waals surface area contributed by atoms with Gasteiger partial charge in [-0.1, -0.05) is 18.2 Å². The summed E-state index contributed by atoms with van der Waals surface area (Å²) >= 11 is 0. The summed E-state index contributed by atoms with van der Waals surface area (Å²) < 4.78 is 32.4. The molecule has 6 heteroatoms. The maximum absolute atomic E-state index is 11.5.